The van der Waals surface area contributed by atoms with Crippen LogP contribution in [-0.2, 0) is 0 Å². The molecule has 0 atom stereocenters. The van der Waals surface area contributed by atoms with Crippen molar-refractivity contribution in [1.29, 1.82) is 0 Å². The van der Waals surface area contributed by atoms with E-state index < -0.39 is 0 Å². The highest BCUT2D eigenvalue weighted by Gasteiger charge is 2.04. The molecule has 0 spiro atoms. The lowest BCUT2D eigenvalue weighted by atomic mass is 10.1. The van der Waals surface area contributed by atoms with Crippen molar-refractivity contribution in [2.75, 3.05) is 0 Å². The van der Waals surface area contributed by atoms with E-state index in [1.54, 1.807) is 0 Å². The summed E-state index contributed by atoms with van der Waals surface area (Å²) in [6, 6.07) is 10.3. The van der Waals surface area contributed by atoms with E-state index >= 15 is 0 Å². The van der Waals surface area contributed by atoms with Gasteiger partial charge in [0.25, 0.3) is 0 Å². The molecule has 0 radical (unpaired) electrons. The predicted molar refractivity (Wildman–Crippen MR) is 67.1 cm³/mol. The molecule has 1 aromatic carbocycles. The normalized spacial score (nSPS) is 10.1. The maximum absolute atomic E-state index is 4.22. The fraction of sp³-hybridized carbons (Fsp3) is 0.0833. The smallest absolute Gasteiger partial charge is 0.0357 e. The van der Waals surface area contributed by atoms with Crippen LogP contribution >= 0.6 is 22.6 Å². The molecule has 0 fully saturated rings. The Morgan fingerprint density at radius 2 is 1.79 bits per heavy atom. The number of hydrogen-bond acceptors (Lipinski definition) is 1. The molecule has 70 valence electrons. The third-order valence-electron chi connectivity index (χ3n) is 2.14. The summed E-state index contributed by atoms with van der Waals surface area (Å²) in [6.45, 7) is 2.08. The SMILES string of the molecule is Cc1cncc(-c2ccccc2)c1I. The summed E-state index contributed by atoms with van der Waals surface area (Å²) in [7, 11) is 0. The molecule has 0 amide bonds. The van der Waals surface area contributed by atoms with Crippen LogP contribution in [0.25, 0.3) is 11.1 Å². The van der Waals surface area contributed by atoms with E-state index in [0.29, 0.717) is 0 Å². The first-order valence-corrected chi connectivity index (χ1v) is 5.52. The Bertz CT molecular complexity index is 437. The van der Waals surface area contributed by atoms with Crippen LogP contribution in [0.15, 0.2) is 42.7 Å². The lowest BCUT2D eigenvalue weighted by Crippen LogP contribution is -1.88. The quantitative estimate of drug-likeness (QED) is 0.732. The molecule has 0 N–H and O–H groups in total. The van der Waals surface area contributed by atoms with E-state index in [2.05, 4.69) is 46.6 Å². The molecule has 0 saturated heterocycles. The van der Waals surface area contributed by atoms with E-state index in [9.17, 15) is 0 Å². The topological polar surface area (TPSA) is 12.9 Å². The second kappa shape index (κ2) is 4.09. The van der Waals surface area contributed by atoms with Crippen molar-refractivity contribution in [1.82, 2.24) is 4.98 Å². The summed E-state index contributed by atoms with van der Waals surface area (Å²) >= 11 is 2.37. The van der Waals surface area contributed by atoms with Crippen molar-refractivity contribution < 1.29 is 0 Å². The highest BCUT2D eigenvalue weighted by molar-refractivity contribution is 14.1. The maximum atomic E-state index is 4.22. The van der Waals surface area contributed by atoms with Gasteiger partial charge in [-0.15, -0.1) is 0 Å². The molecular formula is C12H10IN. The van der Waals surface area contributed by atoms with Gasteiger partial charge in [0.2, 0.25) is 0 Å². The number of aromatic nitrogens is 1. The van der Waals surface area contributed by atoms with Gasteiger partial charge >= 0.3 is 0 Å². The third kappa shape index (κ3) is 1.80. The number of hydrogen-bond donors (Lipinski definition) is 0. The molecule has 0 saturated carbocycles. The molecule has 2 aromatic rings. The molecule has 1 heterocycles. The van der Waals surface area contributed by atoms with Crippen LogP contribution in [0.4, 0.5) is 0 Å². The first-order valence-electron chi connectivity index (χ1n) is 4.44. The number of pyridine rings is 1. The molecule has 14 heavy (non-hydrogen) atoms. The largest absolute Gasteiger partial charge is 0.264 e. The number of benzene rings is 1. The van der Waals surface area contributed by atoms with Gasteiger partial charge in [0, 0.05) is 21.5 Å². The van der Waals surface area contributed by atoms with Gasteiger partial charge in [0.05, 0.1) is 0 Å². The van der Waals surface area contributed by atoms with Crippen LogP contribution in [0.5, 0.6) is 0 Å². The lowest BCUT2D eigenvalue weighted by molar-refractivity contribution is 1.25. The molecule has 0 aliphatic rings. The molecule has 0 aliphatic carbocycles. The van der Waals surface area contributed by atoms with E-state index in [-0.39, 0.29) is 0 Å². The average Bonchev–Trinajstić information content (AvgIpc) is 2.23. The summed E-state index contributed by atoms with van der Waals surface area (Å²) in [5.74, 6) is 0. The zero-order chi connectivity index (χ0) is 9.97. The van der Waals surface area contributed by atoms with E-state index in [0.717, 1.165) is 0 Å². The maximum Gasteiger partial charge on any atom is 0.0357 e. The van der Waals surface area contributed by atoms with Gasteiger partial charge in [-0.25, -0.2) is 0 Å². The molecule has 0 bridgehead atoms. The van der Waals surface area contributed by atoms with Crippen molar-refractivity contribution in [3.63, 3.8) is 0 Å². The Kier molecular flexibility index (Phi) is 2.82. The first kappa shape index (κ1) is 9.65. The van der Waals surface area contributed by atoms with Gasteiger partial charge in [0.1, 0.15) is 0 Å². The van der Waals surface area contributed by atoms with Crippen molar-refractivity contribution in [3.05, 3.63) is 51.9 Å². The highest BCUT2D eigenvalue weighted by Crippen LogP contribution is 2.25. The Labute approximate surface area is 97.3 Å². The van der Waals surface area contributed by atoms with Gasteiger partial charge in [-0.3, -0.25) is 4.98 Å². The molecule has 1 nitrogen and oxygen atoms in total. The van der Waals surface area contributed by atoms with Crippen LogP contribution in [0.2, 0.25) is 0 Å². The minimum atomic E-state index is 1.21. The van der Waals surface area contributed by atoms with E-state index in [1.807, 2.05) is 30.6 Å². The van der Waals surface area contributed by atoms with E-state index in [1.165, 1.54) is 20.3 Å². The molecule has 2 rings (SSSR count). The van der Waals surface area contributed by atoms with Gasteiger partial charge < -0.3 is 0 Å². The van der Waals surface area contributed by atoms with Crippen LogP contribution in [-0.4, -0.2) is 4.98 Å². The summed E-state index contributed by atoms with van der Waals surface area (Å²) in [6.07, 6.45) is 3.82. The predicted octanol–water partition coefficient (Wildman–Crippen LogP) is 3.66. The fourth-order valence-electron chi connectivity index (χ4n) is 1.37. The monoisotopic (exact) mass is 295 g/mol. The van der Waals surface area contributed by atoms with Crippen molar-refractivity contribution in [3.8, 4) is 11.1 Å². The van der Waals surface area contributed by atoms with Crippen molar-refractivity contribution >= 4 is 22.6 Å². The third-order valence-corrected chi connectivity index (χ3v) is 3.57. The lowest BCUT2D eigenvalue weighted by Gasteiger charge is -2.05. The standard InChI is InChI=1S/C12H10IN/c1-9-7-14-8-11(12(9)13)10-5-3-2-4-6-10/h2-8H,1H3. The zero-order valence-electron chi connectivity index (χ0n) is 7.87. The van der Waals surface area contributed by atoms with Gasteiger partial charge in [-0.05, 0) is 40.6 Å². The highest BCUT2D eigenvalue weighted by atomic mass is 127. The molecule has 0 unspecified atom stereocenters. The Hall–Kier alpha value is -0.900. The van der Waals surface area contributed by atoms with Crippen LogP contribution in [0.1, 0.15) is 5.56 Å². The van der Waals surface area contributed by atoms with Crippen molar-refractivity contribution in [2.45, 2.75) is 6.92 Å². The molecular weight excluding hydrogens is 285 g/mol. The number of nitrogens with zero attached hydrogens (tertiary/aromatic N) is 1. The van der Waals surface area contributed by atoms with Gasteiger partial charge in [0.15, 0.2) is 0 Å². The Morgan fingerprint density at radius 3 is 2.50 bits per heavy atom. The summed E-state index contributed by atoms with van der Waals surface area (Å²) < 4.78 is 1.28. The van der Waals surface area contributed by atoms with Crippen LogP contribution in [0.3, 0.4) is 0 Å². The van der Waals surface area contributed by atoms with Crippen molar-refractivity contribution in [2.24, 2.45) is 0 Å². The molecule has 1 aromatic heterocycles. The summed E-state index contributed by atoms with van der Waals surface area (Å²) in [4.78, 5) is 4.22. The Morgan fingerprint density at radius 1 is 1.07 bits per heavy atom. The first-order chi connectivity index (χ1) is 6.79. The number of rotatable bonds is 1. The van der Waals surface area contributed by atoms with Crippen LogP contribution in [0, 0.1) is 10.5 Å². The average molecular weight is 295 g/mol. The fourth-order valence-corrected chi connectivity index (χ4v) is 1.96. The summed E-state index contributed by atoms with van der Waals surface area (Å²) in [5.41, 5.74) is 3.67. The van der Waals surface area contributed by atoms with Gasteiger partial charge in [-0.1, -0.05) is 30.3 Å². The van der Waals surface area contributed by atoms with Crippen LogP contribution < -0.4 is 0 Å². The number of halogens is 1. The number of aryl methyl sites for hydroxylation is 1. The summed E-state index contributed by atoms with van der Waals surface area (Å²) in [5, 5.41) is 0. The Balaban J connectivity index is 2.58. The zero-order valence-corrected chi connectivity index (χ0v) is 10.0. The van der Waals surface area contributed by atoms with Gasteiger partial charge in [-0.2, -0.15) is 0 Å². The molecule has 2 heteroatoms. The second-order valence-electron chi connectivity index (χ2n) is 3.18. The van der Waals surface area contributed by atoms with E-state index in [4.69, 9.17) is 0 Å². The minimum absolute atomic E-state index is 1.21. The minimum Gasteiger partial charge on any atom is -0.264 e. The second-order valence-corrected chi connectivity index (χ2v) is 4.26. The molecule has 0 aliphatic heterocycles.